The number of urea groups is 1. The van der Waals surface area contributed by atoms with Crippen LogP contribution in [0.5, 0.6) is 0 Å². The van der Waals surface area contributed by atoms with Gasteiger partial charge in [-0.2, -0.15) is 10.1 Å². The van der Waals surface area contributed by atoms with Crippen molar-refractivity contribution >= 4 is 6.03 Å². The predicted molar refractivity (Wildman–Crippen MR) is 92.5 cm³/mol. The van der Waals surface area contributed by atoms with E-state index in [1.54, 1.807) is 23.1 Å². The number of amides is 2. The normalized spacial score (nSPS) is 11.3. The van der Waals surface area contributed by atoms with Crippen LogP contribution in [0.25, 0.3) is 5.69 Å². The van der Waals surface area contributed by atoms with E-state index in [2.05, 4.69) is 15.4 Å². The Labute approximate surface area is 140 Å². The fourth-order valence-corrected chi connectivity index (χ4v) is 2.19. The Bertz CT molecular complexity index is 863. The molecule has 0 saturated heterocycles. The van der Waals surface area contributed by atoms with Crippen molar-refractivity contribution in [3.8, 4) is 5.69 Å². The molecule has 1 aromatic heterocycles. The molecule has 1 heterocycles. The monoisotopic (exact) mass is 318 g/mol. The summed E-state index contributed by atoms with van der Waals surface area (Å²) in [4.78, 5) is 15.9. The molecular formula is C19H18N4O. The van der Waals surface area contributed by atoms with E-state index in [-0.39, 0.29) is 6.03 Å². The quantitative estimate of drug-likeness (QED) is 0.807. The van der Waals surface area contributed by atoms with Gasteiger partial charge in [0, 0.05) is 12.7 Å². The first kappa shape index (κ1) is 15.7. The topological polar surface area (TPSA) is 59.3 Å². The molecule has 24 heavy (non-hydrogen) atoms. The lowest BCUT2D eigenvalue weighted by Gasteiger charge is -2.04. The van der Waals surface area contributed by atoms with Crippen LogP contribution in [0, 0.1) is 6.92 Å². The van der Waals surface area contributed by atoms with Gasteiger partial charge in [0.05, 0.1) is 17.2 Å². The molecule has 0 unspecified atom stereocenters. The zero-order valence-electron chi connectivity index (χ0n) is 13.4. The number of carbonyl (C=O) groups excluding carboxylic acids is 1. The van der Waals surface area contributed by atoms with E-state index in [4.69, 9.17) is 0 Å². The molecular weight excluding hydrogens is 300 g/mol. The highest BCUT2D eigenvalue weighted by Gasteiger charge is 1.99. The molecule has 1 N–H and O–H groups in total. The Morgan fingerprint density at radius 3 is 2.50 bits per heavy atom. The molecule has 0 spiro atoms. The minimum atomic E-state index is -0.380. The summed E-state index contributed by atoms with van der Waals surface area (Å²) in [6, 6.07) is 19.1. The lowest BCUT2D eigenvalue weighted by molar-refractivity contribution is 0.248. The van der Waals surface area contributed by atoms with Crippen LogP contribution in [0.2, 0.25) is 0 Å². The van der Waals surface area contributed by atoms with Crippen LogP contribution in [-0.4, -0.2) is 15.8 Å². The Morgan fingerprint density at radius 1 is 1.08 bits per heavy atom. The maximum atomic E-state index is 11.9. The molecule has 0 saturated carbocycles. The maximum Gasteiger partial charge on any atom is 0.341 e. The second-order valence-corrected chi connectivity index (χ2v) is 5.42. The maximum absolute atomic E-state index is 11.9. The molecule has 120 valence electrons. The summed E-state index contributed by atoms with van der Waals surface area (Å²) in [5.74, 6) is 0. The van der Waals surface area contributed by atoms with Crippen molar-refractivity contribution in [1.82, 2.24) is 15.1 Å². The summed E-state index contributed by atoms with van der Waals surface area (Å²) in [5.41, 5.74) is 3.18. The highest BCUT2D eigenvalue weighted by molar-refractivity contribution is 5.74. The van der Waals surface area contributed by atoms with Crippen molar-refractivity contribution in [2.75, 3.05) is 0 Å². The van der Waals surface area contributed by atoms with Gasteiger partial charge in [0.15, 0.2) is 0 Å². The molecule has 2 amide bonds. The third kappa shape index (κ3) is 4.16. The molecule has 0 bridgehead atoms. The Kier molecular flexibility index (Phi) is 4.81. The van der Waals surface area contributed by atoms with Gasteiger partial charge >= 0.3 is 6.03 Å². The van der Waals surface area contributed by atoms with E-state index < -0.39 is 0 Å². The molecule has 0 aliphatic carbocycles. The number of aryl methyl sites for hydroxylation is 1. The number of nitrogens with one attached hydrogen (secondary N) is 1. The standard InChI is InChI=1S/C19H18N4O/c1-15-7-9-16(10-8-15)13-20-19(24)22-17-11-12-23(21-14-17)18-5-3-2-4-6-18/h2-12,14H,13H2,1H3,(H,20,24). The number of carbonyl (C=O) groups is 1. The van der Waals surface area contributed by atoms with Crippen molar-refractivity contribution in [3.63, 3.8) is 0 Å². The molecule has 0 aliphatic heterocycles. The smallest absolute Gasteiger partial charge is 0.332 e. The van der Waals surface area contributed by atoms with Gasteiger partial charge in [-0.25, -0.2) is 9.48 Å². The van der Waals surface area contributed by atoms with Crippen LogP contribution in [0.1, 0.15) is 11.1 Å². The third-order valence-corrected chi connectivity index (χ3v) is 3.52. The Morgan fingerprint density at radius 2 is 1.83 bits per heavy atom. The first-order valence-electron chi connectivity index (χ1n) is 7.69. The van der Waals surface area contributed by atoms with Crippen molar-refractivity contribution in [2.45, 2.75) is 13.5 Å². The van der Waals surface area contributed by atoms with Gasteiger partial charge in [0.25, 0.3) is 0 Å². The number of hydrogen-bond donors (Lipinski definition) is 1. The van der Waals surface area contributed by atoms with Gasteiger partial charge in [-0.3, -0.25) is 0 Å². The number of rotatable bonds is 3. The summed E-state index contributed by atoms with van der Waals surface area (Å²) in [5, 5.41) is 7.56. The molecule has 0 fully saturated rings. The summed E-state index contributed by atoms with van der Waals surface area (Å²) >= 11 is 0. The zero-order chi connectivity index (χ0) is 16.8. The largest absolute Gasteiger partial charge is 0.341 e. The zero-order valence-corrected chi connectivity index (χ0v) is 13.4. The summed E-state index contributed by atoms with van der Waals surface area (Å²) in [6.45, 7) is 2.48. The van der Waals surface area contributed by atoms with Crippen molar-refractivity contribution in [1.29, 1.82) is 0 Å². The SMILES string of the molecule is Cc1ccc(CNC(=O)N=c2ccn(-c3ccccc3)nc2)cc1. The second-order valence-electron chi connectivity index (χ2n) is 5.42. The van der Waals surface area contributed by atoms with Crippen LogP contribution < -0.4 is 10.7 Å². The highest BCUT2D eigenvalue weighted by atomic mass is 16.2. The van der Waals surface area contributed by atoms with Gasteiger partial charge in [-0.05, 0) is 30.7 Å². The average Bonchev–Trinajstić information content (AvgIpc) is 2.63. The van der Waals surface area contributed by atoms with E-state index in [0.29, 0.717) is 11.9 Å². The van der Waals surface area contributed by atoms with Crippen molar-refractivity contribution < 1.29 is 4.79 Å². The van der Waals surface area contributed by atoms with E-state index in [0.717, 1.165) is 11.3 Å². The van der Waals surface area contributed by atoms with E-state index in [9.17, 15) is 4.79 Å². The molecule has 3 rings (SSSR count). The highest BCUT2D eigenvalue weighted by Crippen LogP contribution is 2.03. The number of benzene rings is 2. The number of para-hydroxylation sites is 1. The first-order valence-corrected chi connectivity index (χ1v) is 7.69. The van der Waals surface area contributed by atoms with Gasteiger partial charge in [0.2, 0.25) is 0 Å². The molecule has 0 aliphatic rings. The van der Waals surface area contributed by atoms with Crippen molar-refractivity contribution in [3.05, 3.63) is 89.5 Å². The van der Waals surface area contributed by atoms with Crippen molar-refractivity contribution in [2.24, 2.45) is 4.99 Å². The van der Waals surface area contributed by atoms with Gasteiger partial charge in [0.1, 0.15) is 0 Å². The fraction of sp³-hybridized carbons (Fsp3) is 0.105. The Balaban J connectivity index is 1.65. The van der Waals surface area contributed by atoms with E-state index in [1.165, 1.54) is 5.56 Å². The summed E-state index contributed by atoms with van der Waals surface area (Å²) in [6.07, 6.45) is 3.35. The van der Waals surface area contributed by atoms with E-state index in [1.807, 2.05) is 61.5 Å². The predicted octanol–water partition coefficient (Wildman–Crippen LogP) is 2.99. The lowest BCUT2D eigenvalue weighted by Crippen LogP contribution is -2.22. The van der Waals surface area contributed by atoms with E-state index >= 15 is 0 Å². The minimum Gasteiger partial charge on any atom is -0.332 e. The molecule has 0 atom stereocenters. The molecule has 5 nitrogen and oxygen atoms in total. The first-order chi connectivity index (χ1) is 11.7. The third-order valence-electron chi connectivity index (χ3n) is 3.52. The van der Waals surface area contributed by atoms with Gasteiger partial charge in [-0.1, -0.05) is 48.0 Å². The number of hydrogen-bond acceptors (Lipinski definition) is 2. The van der Waals surface area contributed by atoms with Gasteiger partial charge < -0.3 is 5.32 Å². The lowest BCUT2D eigenvalue weighted by atomic mass is 10.1. The van der Waals surface area contributed by atoms with Crippen LogP contribution >= 0.6 is 0 Å². The average molecular weight is 318 g/mol. The number of aromatic nitrogens is 2. The van der Waals surface area contributed by atoms with Crippen LogP contribution in [0.4, 0.5) is 4.79 Å². The van der Waals surface area contributed by atoms with Crippen LogP contribution in [-0.2, 0) is 6.54 Å². The molecule has 3 aromatic rings. The number of nitrogens with zero attached hydrogens (tertiary/aromatic N) is 3. The fourth-order valence-electron chi connectivity index (χ4n) is 2.19. The van der Waals surface area contributed by atoms with Crippen LogP contribution in [0.15, 0.2) is 78.0 Å². The minimum absolute atomic E-state index is 0.380. The molecule has 0 radical (unpaired) electrons. The molecule has 2 aromatic carbocycles. The second kappa shape index (κ2) is 7.37. The Hall–Kier alpha value is -3.21. The van der Waals surface area contributed by atoms with Gasteiger partial charge in [-0.15, -0.1) is 0 Å². The summed E-state index contributed by atoms with van der Waals surface area (Å²) < 4.78 is 1.73. The summed E-state index contributed by atoms with van der Waals surface area (Å²) in [7, 11) is 0. The molecule has 5 heteroatoms. The van der Waals surface area contributed by atoms with Crippen LogP contribution in [0.3, 0.4) is 0 Å².